The van der Waals surface area contributed by atoms with E-state index in [0.29, 0.717) is 18.7 Å². The molecule has 1 unspecified atom stereocenters. The molecule has 1 aromatic rings. The highest BCUT2D eigenvalue weighted by molar-refractivity contribution is 5.95. The van der Waals surface area contributed by atoms with Crippen LogP contribution in [0.25, 0.3) is 0 Å². The summed E-state index contributed by atoms with van der Waals surface area (Å²) in [7, 11) is 1.73. The van der Waals surface area contributed by atoms with E-state index in [0.717, 1.165) is 55.1 Å². The van der Waals surface area contributed by atoms with Crippen LogP contribution in [0.5, 0.6) is 0 Å². The van der Waals surface area contributed by atoms with E-state index in [1.807, 2.05) is 26.0 Å². The molecule has 3 rings (SSSR count). The molecule has 164 valence electrons. The minimum atomic E-state index is -0.514. The van der Waals surface area contributed by atoms with Crippen molar-refractivity contribution < 1.29 is 14.3 Å². The van der Waals surface area contributed by atoms with Gasteiger partial charge in [-0.1, -0.05) is 30.7 Å². The largest absolute Gasteiger partial charge is 0.463 e. The van der Waals surface area contributed by atoms with Crippen molar-refractivity contribution in [2.24, 2.45) is 0 Å². The van der Waals surface area contributed by atoms with E-state index in [1.54, 1.807) is 18.9 Å². The molecule has 0 aromatic heterocycles. The smallest absolute Gasteiger partial charge is 0.338 e. The monoisotopic (exact) mass is 414 g/mol. The Balaban J connectivity index is 2.01. The van der Waals surface area contributed by atoms with Crippen LogP contribution in [0.15, 0.2) is 29.5 Å². The van der Waals surface area contributed by atoms with Gasteiger partial charge in [0.2, 0.25) is 0 Å². The zero-order valence-corrected chi connectivity index (χ0v) is 18.8. The number of hydrogen-bond donors (Lipinski definition) is 1. The fraction of sp³-hybridized carbons (Fsp3) is 0.565. The van der Waals surface area contributed by atoms with Gasteiger partial charge in [0.05, 0.1) is 18.2 Å². The number of nitrogens with zero attached hydrogens (tertiary/aromatic N) is 3. The molecule has 2 amide bonds. The number of benzene rings is 1. The number of likely N-dealkylation sites (N-methyl/N-ethyl adjacent to an activating group) is 2. The Morgan fingerprint density at radius 2 is 1.80 bits per heavy atom. The maximum atomic E-state index is 13.1. The van der Waals surface area contributed by atoms with Crippen molar-refractivity contribution in [2.45, 2.75) is 33.7 Å². The van der Waals surface area contributed by atoms with Crippen LogP contribution in [-0.2, 0) is 9.53 Å². The molecular formula is C23H34N4O3. The standard InChI is InChI=1S/C23H34N4O3/c1-6-26-10-12-27(13-11-26)15-19-20(22(28)30-7-2)21(24-23(29)25(19)5)18-9-8-16(3)14-17(18)4/h8-9,14,21H,6-7,10-13,15H2,1-5H3,(H,24,29). The Hall–Kier alpha value is -2.38. The highest BCUT2D eigenvalue weighted by Crippen LogP contribution is 2.33. The number of hydrogen-bond acceptors (Lipinski definition) is 5. The summed E-state index contributed by atoms with van der Waals surface area (Å²) in [6.07, 6.45) is 0. The number of amides is 2. The van der Waals surface area contributed by atoms with Gasteiger partial charge in [0.25, 0.3) is 0 Å². The zero-order valence-electron chi connectivity index (χ0n) is 18.8. The summed E-state index contributed by atoms with van der Waals surface area (Å²) in [6.45, 7) is 13.7. The number of carbonyl (C=O) groups is 2. The van der Waals surface area contributed by atoms with Gasteiger partial charge in [-0.3, -0.25) is 9.80 Å². The first-order valence-corrected chi connectivity index (χ1v) is 10.8. The number of carbonyl (C=O) groups excluding carboxylic acids is 2. The highest BCUT2D eigenvalue weighted by atomic mass is 16.5. The minimum Gasteiger partial charge on any atom is -0.463 e. The number of aryl methyl sites for hydroxylation is 2. The van der Waals surface area contributed by atoms with Crippen LogP contribution in [0, 0.1) is 13.8 Å². The molecule has 1 saturated heterocycles. The molecule has 7 heteroatoms. The molecule has 0 radical (unpaired) electrons. The molecule has 1 fully saturated rings. The van der Waals surface area contributed by atoms with Crippen molar-refractivity contribution in [3.63, 3.8) is 0 Å². The number of piperazine rings is 1. The third kappa shape index (κ3) is 4.68. The molecule has 1 aromatic carbocycles. The lowest BCUT2D eigenvalue weighted by molar-refractivity contribution is -0.139. The van der Waals surface area contributed by atoms with E-state index in [-0.39, 0.29) is 12.0 Å². The van der Waals surface area contributed by atoms with Crippen LogP contribution in [0.4, 0.5) is 4.79 Å². The first kappa shape index (κ1) is 22.3. The van der Waals surface area contributed by atoms with E-state index in [9.17, 15) is 9.59 Å². The van der Waals surface area contributed by atoms with Crippen LogP contribution >= 0.6 is 0 Å². The molecule has 1 atom stereocenters. The molecule has 30 heavy (non-hydrogen) atoms. The van der Waals surface area contributed by atoms with Crippen LogP contribution in [0.1, 0.15) is 36.6 Å². The normalized spacial score (nSPS) is 21.0. The lowest BCUT2D eigenvalue weighted by atomic mass is 9.90. The fourth-order valence-corrected chi connectivity index (χ4v) is 4.26. The van der Waals surface area contributed by atoms with E-state index in [2.05, 4.69) is 28.1 Å². The van der Waals surface area contributed by atoms with Crippen molar-refractivity contribution in [1.82, 2.24) is 20.0 Å². The first-order valence-electron chi connectivity index (χ1n) is 10.8. The maximum Gasteiger partial charge on any atom is 0.338 e. The van der Waals surface area contributed by atoms with Crippen molar-refractivity contribution in [3.8, 4) is 0 Å². The second-order valence-corrected chi connectivity index (χ2v) is 8.09. The molecular weight excluding hydrogens is 380 g/mol. The molecule has 0 aliphatic carbocycles. The van der Waals surface area contributed by atoms with Gasteiger partial charge in [0, 0.05) is 45.5 Å². The summed E-state index contributed by atoms with van der Waals surface area (Å²) in [5.74, 6) is -0.364. The van der Waals surface area contributed by atoms with Crippen molar-refractivity contribution in [3.05, 3.63) is 46.2 Å². The van der Waals surface area contributed by atoms with E-state index >= 15 is 0 Å². The zero-order chi connectivity index (χ0) is 21.8. The second kappa shape index (κ2) is 9.62. The van der Waals surface area contributed by atoms with E-state index in [1.165, 1.54) is 0 Å². The Morgan fingerprint density at radius 1 is 1.13 bits per heavy atom. The van der Waals surface area contributed by atoms with Crippen molar-refractivity contribution in [2.75, 3.05) is 52.9 Å². The topological polar surface area (TPSA) is 65.1 Å². The molecule has 2 aliphatic heterocycles. The van der Waals surface area contributed by atoms with Gasteiger partial charge < -0.3 is 15.0 Å². The fourth-order valence-electron chi connectivity index (χ4n) is 4.26. The predicted octanol–water partition coefficient (Wildman–Crippen LogP) is 2.45. The summed E-state index contributed by atoms with van der Waals surface area (Å²) in [4.78, 5) is 32.2. The average molecular weight is 415 g/mol. The maximum absolute atomic E-state index is 13.1. The van der Waals surface area contributed by atoms with Crippen molar-refractivity contribution >= 4 is 12.0 Å². The van der Waals surface area contributed by atoms with Crippen LogP contribution in [-0.4, -0.2) is 79.6 Å². The number of rotatable bonds is 6. The molecule has 7 nitrogen and oxygen atoms in total. The number of nitrogens with one attached hydrogen (secondary N) is 1. The summed E-state index contributed by atoms with van der Waals surface area (Å²) in [5, 5.41) is 3.02. The molecule has 2 heterocycles. The van der Waals surface area contributed by atoms with Crippen LogP contribution < -0.4 is 5.32 Å². The summed E-state index contributed by atoms with van der Waals surface area (Å²) in [5.41, 5.74) is 4.38. The van der Waals surface area contributed by atoms with Gasteiger partial charge in [-0.05, 0) is 38.4 Å². The predicted molar refractivity (Wildman–Crippen MR) is 117 cm³/mol. The molecule has 0 spiro atoms. The number of esters is 1. The molecule has 1 N–H and O–H groups in total. The number of urea groups is 1. The Bertz CT molecular complexity index is 828. The highest BCUT2D eigenvalue weighted by Gasteiger charge is 2.38. The minimum absolute atomic E-state index is 0.199. The van der Waals surface area contributed by atoms with Gasteiger partial charge >= 0.3 is 12.0 Å². The van der Waals surface area contributed by atoms with E-state index in [4.69, 9.17) is 4.74 Å². The van der Waals surface area contributed by atoms with Crippen LogP contribution in [0.2, 0.25) is 0 Å². The van der Waals surface area contributed by atoms with Crippen LogP contribution in [0.3, 0.4) is 0 Å². The molecule has 0 bridgehead atoms. The Kier molecular flexibility index (Phi) is 7.15. The Morgan fingerprint density at radius 3 is 2.40 bits per heavy atom. The van der Waals surface area contributed by atoms with Gasteiger partial charge in [-0.25, -0.2) is 9.59 Å². The molecule has 2 aliphatic rings. The Labute approximate surface area is 179 Å². The van der Waals surface area contributed by atoms with Crippen molar-refractivity contribution in [1.29, 1.82) is 0 Å². The first-order chi connectivity index (χ1) is 14.3. The van der Waals surface area contributed by atoms with Gasteiger partial charge in [0.15, 0.2) is 0 Å². The third-order valence-electron chi connectivity index (χ3n) is 6.09. The van der Waals surface area contributed by atoms with E-state index < -0.39 is 6.04 Å². The van der Waals surface area contributed by atoms with Gasteiger partial charge in [0.1, 0.15) is 0 Å². The lowest BCUT2D eigenvalue weighted by Gasteiger charge is -2.39. The average Bonchev–Trinajstić information content (AvgIpc) is 2.72. The summed E-state index contributed by atoms with van der Waals surface area (Å²) in [6, 6.07) is 5.37. The molecule has 0 saturated carbocycles. The quantitative estimate of drug-likeness (QED) is 0.725. The van der Waals surface area contributed by atoms with Gasteiger partial charge in [-0.2, -0.15) is 0 Å². The summed E-state index contributed by atoms with van der Waals surface area (Å²) >= 11 is 0. The SMILES string of the molecule is CCOC(=O)C1=C(CN2CCN(CC)CC2)N(C)C(=O)NC1c1ccc(C)cc1C. The van der Waals surface area contributed by atoms with Gasteiger partial charge in [-0.15, -0.1) is 0 Å². The third-order valence-corrected chi connectivity index (χ3v) is 6.09. The summed E-state index contributed by atoms with van der Waals surface area (Å²) < 4.78 is 5.43. The lowest BCUT2D eigenvalue weighted by Crippen LogP contribution is -2.52. The number of ether oxygens (including phenoxy) is 1. The second-order valence-electron chi connectivity index (χ2n) is 8.09.